The van der Waals surface area contributed by atoms with Crippen LogP contribution in [0.1, 0.15) is 63.5 Å². The monoisotopic (exact) mass is 491 g/mol. The zero-order valence-electron chi connectivity index (χ0n) is 20.9. The highest BCUT2D eigenvalue weighted by Gasteiger charge is 2.65. The average Bonchev–Trinajstić information content (AvgIpc) is 3.30. The van der Waals surface area contributed by atoms with Crippen molar-refractivity contribution in [1.29, 1.82) is 0 Å². The largest absolute Gasteiger partial charge is 0.382 e. The van der Waals surface area contributed by atoms with E-state index < -0.39 is 15.4 Å². The van der Waals surface area contributed by atoms with E-state index in [0.29, 0.717) is 56.3 Å². The standard InChI is InChI=1S/C24H37N5O4S/c1-6-33-13-19-28-20-21(15(2)16(3)27-22(20)25)29(19)11-7-10-26-34(31,32)14-24-9-8-17(12-18(24)30)23(24,4)5/h17,26H,6-14H2,1-5H3,(H2,25,27)/t17-,24-/m1/s1. The Morgan fingerprint density at radius 3 is 2.62 bits per heavy atom. The SMILES string of the molecule is CCOCc1nc2c(N)nc(C)c(C)c2n1CCCNS(=O)(=O)C[C@]12CC[C@H](CC1=O)C2(C)C. The van der Waals surface area contributed by atoms with Crippen LogP contribution >= 0.6 is 0 Å². The molecule has 0 radical (unpaired) electrons. The fourth-order valence-electron chi connectivity index (χ4n) is 6.04. The second-order valence-electron chi connectivity index (χ2n) is 10.4. The second-order valence-corrected chi connectivity index (χ2v) is 12.2. The molecule has 0 saturated heterocycles. The van der Waals surface area contributed by atoms with E-state index in [1.807, 2.05) is 20.8 Å². The quantitative estimate of drug-likeness (QED) is 0.489. The zero-order chi connectivity index (χ0) is 24.9. The highest BCUT2D eigenvalue weighted by atomic mass is 32.2. The van der Waals surface area contributed by atoms with E-state index in [4.69, 9.17) is 10.5 Å². The van der Waals surface area contributed by atoms with Crippen molar-refractivity contribution in [2.24, 2.45) is 16.7 Å². The number of ketones is 1. The summed E-state index contributed by atoms with van der Waals surface area (Å²) in [6.45, 7) is 11.7. The highest BCUT2D eigenvalue weighted by molar-refractivity contribution is 7.89. The molecule has 2 aliphatic rings. The van der Waals surface area contributed by atoms with Crippen molar-refractivity contribution in [3.63, 3.8) is 0 Å². The van der Waals surface area contributed by atoms with Gasteiger partial charge in [-0.2, -0.15) is 0 Å². The molecule has 0 aromatic carbocycles. The Morgan fingerprint density at radius 1 is 1.26 bits per heavy atom. The van der Waals surface area contributed by atoms with Crippen LogP contribution in [0.25, 0.3) is 11.0 Å². The van der Waals surface area contributed by atoms with Crippen molar-refractivity contribution in [3.8, 4) is 0 Å². The molecule has 3 N–H and O–H groups in total. The summed E-state index contributed by atoms with van der Waals surface area (Å²) >= 11 is 0. The number of pyridine rings is 1. The maximum Gasteiger partial charge on any atom is 0.212 e. The number of hydrogen-bond acceptors (Lipinski definition) is 7. The lowest BCUT2D eigenvalue weighted by Crippen LogP contribution is -2.45. The number of aryl methyl sites for hydroxylation is 3. The summed E-state index contributed by atoms with van der Waals surface area (Å²) in [5, 5.41) is 0. The van der Waals surface area contributed by atoms with Gasteiger partial charge in [0.15, 0.2) is 5.82 Å². The molecule has 2 saturated carbocycles. The maximum absolute atomic E-state index is 13.0. The number of hydrogen-bond donors (Lipinski definition) is 2. The van der Waals surface area contributed by atoms with Crippen LogP contribution in [0.2, 0.25) is 0 Å². The molecule has 4 rings (SSSR count). The van der Waals surface area contributed by atoms with Crippen LogP contribution in [0.15, 0.2) is 0 Å². The van der Waals surface area contributed by atoms with Crippen molar-refractivity contribution in [1.82, 2.24) is 19.3 Å². The number of imidazole rings is 1. The lowest BCUT2D eigenvalue weighted by atomic mass is 9.70. The number of nitrogens with zero attached hydrogens (tertiary/aromatic N) is 3. The molecule has 2 aliphatic carbocycles. The Bertz CT molecular complexity index is 1220. The number of ether oxygens (including phenoxy) is 1. The maximum atomic E-state index is 13.0. The second kappa shape index (κ2) is 8.87. The summed E-state index contributed by atoms with van der Waals surface area (Å²) in [6.07, 6.45) is 2.68. The Kier molecular flexibility index (Phi) is 6.54. The van der Waals surface area contributed by atoms with Gasteiger partial charge in [0.05, 0.1) is 11.3 Å². The fourth-order valence-corrected chi connectivity index (χ4v) is 7.92. The number of carbonyl (C=O) groups excluding carboxylic acids is 1. The number of fused-ring (bicyclic) bond motifs is 3. The lowest BCUT2D eigenvalue weighted by molar-refractivity contribution is -0.128. The van der Waals surface area contributed by atoms with Crippen LogP contribution in [-0.4, -0.2) is 47.6 Å². The van der Waals surface area contributed by atoms with Gasteiger partial charge < -0.3 is 15.0 Å². The Morgan fingerprint density at radius 2 is 2.00 bits per heavy atom. The van der Waals surface area contributed by atoms with Gasteiger partial charge in [0.1, 0.15) is 23.7 Å². The van der Waals surface area contributed by atoms with Crippen LogP contribution in [0.3, 0.4) is 0 Å². The first-order chi connectivity index (χ1) is 15.9. The summed E-state index contributed by atoms with van der Waals surface area (Å²) in [4.78, 5) is 21.8. The number of carbonyl (C=O) groups is 1. The van der Waals surface area contributed by atoms with Gasteiger partial charge in [-0.05, 0) is 56.9 Å². The van der Waals surface area contributed by atoms with E-state index in [9.17, 15) is 13.2 Å². The third kappa shape index (κ3) is 4.03. The van der Waals surface area contributed by atoms with Gasteiger partial charge in [-0.3, -0.25) is 4.79 Å². The minimum Gasteiger partial charge on any atom is -0.382 e. The molecule has 9 nitrogen and oxygen atoms in total. The Hall–Kier alpha value is -2.04. The van der Waals surface area contributed by atoms with E-state index in [1.54, 1.807) is 0 Å². The van der Waals surface area contributed by atoms with Gasteiger partial charge >= 0.3 is 0 Å². The number of nitrogens with one attached hydrogen (secondary N) is 1. The summed E-state index contributed by atoms with van der Waals surface area (Å²) in [5.41, 5.74) is 8.51. The summed E-state index contributed by atoms with van der Waals surface area (Å²) in [6, 6.07) is 0. The molecule has 0 spiro atoms. The van der Waals surface area contributed by atoms with Crippen LogP contribution in [0, 0.1) is 30.6 Å². The molecule has 2 bridgehead atoms. The van der Waals surface area contributed by atoms with E-state index in [2.05, 4.69) is 33.1 Å². The topological polar surface area (TPSA) is 129 Å². The van der Waals surface area contributed by atoms with Crippen molar-refractivity contribution >= 4 is 32.7 Å². The molecule has 2 aromatic rings. The molecule has 2 atom stereocenters. The first-order valence-electron chi connectivity index (χ1n) is 12.1. The van der Waals surface area contributed by atoms with E-state index in [0.717, 1.165) is 29.0 Å². The van der Waals surface area contributed by atoms with Crippen molar-refractivity contribution in [3.05, 3.63) is 17.1 Å². The number of rotatable bonds is 10. The first-order valence-corrected chi connectivity index (χ1v) is 13.8. The highest BCUT2D eigenvalue weighted by Crippen LogP contribution is 2.64. The zero-order valence-corrected chi connectivity index (χ0v) is 21.7. The van der Waals surface area contributed by atoms with Gasteiger partial charge in [-0.25, -0.2) is 23.1 Å². The molecule has 2 aromatic heterocycles. The fraction of sp³-hybridized carbons (Fsp3) is 0.708. The molecule has 0 aliphatic heterocycles. The lowest BCUT2D eigenvalue weighted by Gasteiger charge is -2.36. The molecule has 2 fully saturated rings. The van der Waals surface area contributed by atoms with Crippen molar-refractivity contribution < 1.29 is 17.9 Å². The number of nitrogens with two attached hydrogens (primary N) is 1. The summed E-state index contributed by atoms with van der Waals surface area (Å²) in [5.74, 6) is 1.42. The van der Waals surface area contributed by atoms with Crippen LogP contribution < -0.4 is 10.5 Å². The molecule has 10 heteroatoms. The van der Waals surface area contributed by atoms with Gasteiger partial charge in [0.2, 0.25) is 10.0 Å². The normalized spacial score (nSPS) is 23.9. The molecular weight excluding hydrogens is 454 g/mol. The van der Waals surface area contributed by atoms with Crippen LogP contribution in [-0.2, 0) is 32.7 Å². The molecule has 0 unspecified atom stereocenters. The van der Waals surface area contributed by atoms with E-state index in [-0.39, 0.29) is 23.5 Å². The smallest absolute Gasteiger partial charge is 0.212 e. The minimum absolute atomic E-state index is 0.113. The predicted molar refractivity (Wildman–Crippen MR) is 132 cm³/mol. The summed E-state index contributed by atoms with van der Waals surface area (Å²) in [7, 11) is -3.59. The Balaban J connectivity index is 1.47. The van der Waals surface area contributed by atoms with Crippen molar-refractivity contribution in [2.75, 3.05) is 24.6 Å². The first kappa shape index (κ1) is 25.1. The molecule has 188 valence electrons. The third-order valence-corrected chi connectivity index (χ3v) is 9.88. The molecule has 34 heavy (non-hydrogen) atoms. The number of nitrogen functional groups attached to an aromatic ring is 1. The third-order valence-electron chi connectivity index (χ3n) is 8.37. The van der Waals surface area contributed by atoms with Crippen molar-refractivity contribution in [2.45, 2.75) is 73.5 Å². The van der Waals surface area contributed by atoms with Gasteiger partial charge in [0, 0.05) is 37.2 Å². The predicted octanol–water partition coefficient (Wildman–Crippen LogP) is 2.87. The molecular formula is C24H37N5O4S. The number of Topliss-reactive ketones (excluding diaryl/α,β-unsaturated/α-hetero) is 1. The summed E-state index contributed by atoms with van der Waals surface area (Å²) < 4.78 is 36.4. The van der Waals surface area contributed by atoms with E-state index in [1.165, 1.54) is 0 Å². The van der Waals surface area contributed by atoms with Crippen LogP contribution in [0.5, 0.6) is 0 Å². The molecule has 0 amide bonds. The van der Waals surface area contributed by atoms with Gasteiger partial charge in [-0.15, -0.1) is 0 Å². The number of anilines is 1. The number of sulfonamides is 1. The van der Waals surface area contributed by atoms with Gasteiger partial charge in [0.25, 0.3) is 0 Å². The van der Waals surface area contributed by atoms with Crippen LogP contribution in [0.4, 0.5) is 5.82 Å². The average molecular weight is 492 g/mol. The van der Waals surface area contributed by atoms with Gasteiger partial charge in [-0.1, -0.05) is 13.8 Å². The molecule has 2 heterocycles. The van der Waals surface area contributed by atoms with E-state index >= 15 is 0 Å². The number of aromatic nitrogens is 3. The Labute approximate surface area is 201 Å². The minimum atomic E-state index is -3.59.